The molecular weight excluding hydrogens is 454 g/mol. The number of carbonyl (C=O) groups is 3. The number of imide groups is 1. The predicted molar refractivity (Wildman–Crippen MR) is 121 cm³/mol. The zero-order chi connectivity index (χ0) is 23.3. The maximum absolute atomic E-state index is 12.6. The SMILES string of the molecule is CN(c1ccc(-c2csc(NC(=O)CN3C(=O)NC(C)(C4CC4)C3=O)n2)cc1)S(C)(=O)=O. The van der Waals surface area contributed by atoms with E-state index in [0.29, 0.717) is 16.5 Å². The third-order valence-corrected chi connectivity index (χ3v) is 7.73. The Labute approximate surface area is 189 Å². The van der Waals surface area contributed by atoms with Gasteiger partial charge >= 0.3 is 6.03 Å². The van der Waals surface area contributed by atoms with E-state index in [0.717, 1.165) is 29.6 Å². The number of nitrogens with zero attached hydrogens (tertiary/aromatic N) is 3. The highest BCUT2D eigenvalue weighted by Gasteiger charge is 2.56. The van der Waals surface area contributed by atoms with Gasteiger partial charge in [-0.15, -0.1) is 11.3 Å². The van der Waals surface area contributed by atoms with Gasteiger partial charge in [-0.2, -0.15) is 0 Å². The van der Waals surface area contributed by atoms with Crippen molar-refractivity contribution in [1.29, 1.82) is 0 Å². The first-order chi connectivity index (χ1) is 15.0. The van der Waals surface area contributed by atoms with E-state index < -0.39 is 27.5 Å². The summed E-state index contributed by atoms with van der Waals surface area (Å²) in [5.74, 6) is -0.768. The van der Waals surface area contributed by atoms with Gasteiger partial charge in [0.25, 0.3) is 5.91 Å². The number of amides is 4. The van der Waals surface area contributed by atoms with E-state index in [1.165, 1.54) is 22.7 Å². The maximum Gasteiger partial charge on any atom is 0.325 e. The number of hydrogen-bond acceptors (Lipinski definition) is 7. The quantitative estimate of drug-likeness (QED) is 0.586. The summed E-state index contributed by atoms with van der Waals surface area (Å²) in [6.45, 7) is 1.32. The number of rotatable bonds is 7. The van der Waals surface area contributed by atoms with Gasteiger partial charge in [-0.05, 0) is 37.8 Å². The molecule has 1 atom stereocenters. The minimum absolute atomic E-state index is 0.122. The average molecular weight is 478 g/mol. The normalized spacial score (nSPS) is 20.9. The average Bonchev–Trinajstić information content (AvgIpc) is 3.46. The molecule has 2 heterocycles. The van der Waals surface area contributed by atoms with E-state index in [-0.39, 0.29) is 18.4 Å². The van der Waals surface area contributed by atoms with Crippen molar-refractivity contribution in [2.45, 2.75) is 25.3 Å². The first kappa shape index (κ1) is 22.2. The van der Waals surface area contributed by atoms with Crippen LogP contribution in [0.4, 0.5) is 15.6 Å². The lowest BCUT2D eigenvalue weighted by atomic mass is 9.96. The highest BCUT2D eigenvalue weighted by molar-refractivity contribution is 7.92. The van der Waals surface area contributed by atoms with Crippen molar-refractivity contribution in [2.24, 2.45) is 5.92 Å². The molecule has 1 aliphatic carbocycles. The lowest BCUT2D eigenvalue weighted by Crippen LogP contribution is -2.46. The Morgan fingerprint density at radius 1 is 1.31 bits per heavy atom. The van der Waals surface area contributed by atoms with E-state index in [1.54, 1.807) is 36.6 Å². The number of carbonyl (C=O) groups excluding carboxylic acids is 3. The van der Waals surface area contributed by atoms with Crippen LogP contribution in [0.1, 0.15) is 19.8 Å². The Kier molecular flexibility index (Phi) is 5.45. The van der Waals surface area contributed by atoms with Gasteiger partial charge in [0, 0.05) is 18.0 Å². The van der Waals surface area contributed by atoms with Crippen LogP contribution in [0.2, 0.25) is 0 Å². The highest BCUT2D eigenvalue weighted by Crippen LogP contribution is 2.42. The van der Waals surface area contributed by atoms with Crippen molar-refractivity contribution in [3.63, 3.8) is 0 Å². The van der Waals surface area contributed by atoms with E-state index >= 15 is 0 Å². The Balaban J connectivity index is 1.40. The van der Waals surface area contributed by atoms with Crippen molar-refractivity contribution in [1.82, 2.24) is 15.2 Å². The summed E-state index contributed by atoms with van der Waals surface area (Å²) >= 11 is 1.21. The minimum Gasteiger partial charge on any atom is -0.323 e. The van der Waals surface area contributed by atoms with Gasteiger partial charge in [0.05, 0.1) is 17.6 Å². The van der Waals surface area contributed by atoms with E-state index in [2.05, 4.69) is 15.6 Å². The molecule has 4 rings (SSSR count). The number of benzene rings is 1. The Morgan fingerprint density at radius 2 is 1.97 bits per heavy atom. The molecule has 1 saturated heterocycles. The molecule has 12 heteroatoms. The zero-order valence-corrected chi connectivity index (χ0v) is 19.4. The molecule has 10 nitrogen and oxygen atoms in total. The van der Waals surface area contributed by atoms with Crippen LogP contribution in [0, 0.1) is 5.92 Å². The smallest absolute Gasteiger partial charge is 0.323 e. The second-order valence-corrected chi connectivity index (χ2v) is 11.0. The molecule has 1 aromatic carbocycles. The van der Waals surface area contributed by atoms with Crippen molar-refractivity contribution in [2.75, 3.05) is 29.5 Å². The van der Waals surface area contributed by atoms with Crippen LogP contribution in [0.5, 0.6) is 0 Å². The molecule has 1 aliphatic heterocycles. The molecule has 1 unspecified atom stereocenters. The van der Waals surface area contributed by atoms with Gasteiger partial charge in [0.1, 0.15) is 12.1 Å². The van der Waals surface area contributed by atoms with Crippen LogP contribution in [0.15, 0.2) is 29.6 Å². The van der Waals surface area contributed by atoms with Crippen LogP contribution in [0.25, 0.3) is 11.3 Å². The van der Waals surface area contributed by atoms with Gasteiger partial charge in [0.15, 0.2) is 5.13 Å². The molecule has 1 aromatic heterocycles. The van der Waals surface area contributed by atoms with Crippen molar-refractivity contribution >= 4 is 50.0 Å². The van der Waals surface area contributed by atoms with Gasteiger partial charge in [-0.1, -0.05) is 12.1 Å². The second kappa shape index (κ2) is 7.85. The number of aromatic nitrogens is 1. The fourth-order valence-corrected chi connectivity index (χ4v) is 4.84. The number of nitrogens with one attached hydrogen (secondary N) is 2. The van der Waals surface area contributed by atoms with Gasteiger partial charge < -0.3 is 10.6 Å². The van der Waals surface area contributed by atoms with Gasteiger partial charge in [-0.3, -0.25) is 18.8 Å². The maximum atomic E-state index is 12.6. The molecule has 2 aliphatic rings. The third-order valence-electron chi connectivity index (χ3n) is 5.77. The molecule has 170 valence electrons. The molecule has 32 heavy (non-hydrogen) atoms. The molecule has 2 fully saturated rings. The summed E-state index contributed by atoms with van der Waals surface area (Å²) in [5.41, 5.74) is 0.951. The van der Waals surface area contributed by atoms with Gasteiger partial charge in [-0.25, -0.2) is 18.2 Å². The van der Waals surface area contributed by atoms with E-state index in [4.69, 9.17) is 0 Å². The second-order valence-electron chi connectivity index (χ2n) is 8.16. The van der Waals surface area contributed by atoms with Crippen molar-refractivity contribution in [3.05, 3.63) is 29.6 Å². The number of thiazole rings is 1. The molecule has 0 spiro atoms. The first-order valence-electron chi connectivity index (χ1n) is 9.93. The summed E-state index contributed by atoms with van der Waals surface area (Å²) in [7, 11) is -1.88. The third kappa shape index (κ3) is 4.19. The van der Waals surface area contributed by atoms with Crippen LogP contribution >= 0.6 is 11.3 Å². The summed E-state index contributed by atoms with van der Waals surface area (Å²) in [5, 5.41) is 7.43. The fourth-order valence-electron chi connectivity index (χ4n) is 3.60. The van der Waals surface area contributed by atoms with E-state index in [9.17, 15) is 22.8 Å². The van der Waals surface area contributed by atoms with Crippen molar-refractivity contribution < 1.29 is 22.8 Å². The van der Waals surface area contributed by atoms with Crippen molar-refractivity contribution in [3.8, 4) is 11.3 Å². The Morgan fingerprint density at radius 3 is 2.56 bits per heavy atom. The summed E-state index contributed by atoms with van der Waals surface area (Å²) in [4.78, 5) is 42.6. The van der Waals surface area contributed by atoms with Crippen LogP contribution < -0.4 is 14.9 Å². The fraction of sp³-hybridized carbons (Fsp3) is 0.400. The summed E-state index contributed by atoms with van der Waals surface area (Å²) in [6, 6.07) is 6.26. The standard InChI is InChI=1S/C20H23N5O5S2/c1-20(13-6-7-13)17(27)25(19(28)23-20)10-16(26)22-18-21-15(11-31-18)12-4-8-14(9-5-12)24(2)32(3,29)30/h4-5,8-9,11,13H,6-7,10H2,1-3H3,(H,23,28)(H,21,22,26). The summed E-state index contributed by atoms with van der Waals surface area (Å²) in [6.07, 6.45) is 2.90. The predicted octanol–water partition coefficient (Wildman–Crippen LogP) is 1.86. The monoisotopic (exact) mass is 477 g/mol. The minimum atomic E-state index is -3.35. The van der Waals surface area contributed by atoms with E-state index in [1.807, 2.05) is 0 Å². The number of hydrogen-bond donors (Lipinski definition) is 2. The molecule has 4 amide bonds. The highest BCUT2D eigenvalue weighted by atomic mass is 32.2. The molecule has 1 saturated carbocycles. The van der Waals surface area contributed by atoms with Gasteiger partial charge in [0.2, 0.25) is 15.9 Å². The number of sulfonamides is 1. The molecule has 0 bridgehead atoms. The molecule has 2 N–H and O–H groups in total. The Bertz CT molecular complexity index is 1190. The first-order valence-corrected chi connectivity index (χ1v) is 12.7. The topological polar surface area (TPSA) is 129 Å². The number of urea groups is 1. The molecular formula is C20H23N5O5S2. The molecule has 0 radical (unpaired) electrons. The molecule has 2 aromatic rings. The largest absolute Gasteiger partial charge is 0.325 e. The summed E-state index contributed by atoms with van der Waals surface area (Å²) < 4.78 is 24.5. The lowest BCUT2D eigenvalue weighted by Gasteiger charge is -2.20. The zero-order valence-electron chi connectivity index (χ0n) is 17.8. The van der Waals surface area contributed by atoms with Crippen LogP contribution in [-0.2, 0) is 19.6 Å². The lowest BCUT2D eigenvalue weighted by molar-refractivity contribution is -0.134. The van der Waals surface area contributed by atoms with Crippen LogP contribution in [0.3, 0.4) is 0 Å². The van der Waals surface area contributed by atoms with Crippen LogP contribution in [-0.4, -0.2) is 61.5 Å². The number of anilines is 2. The Hall–Kier alpha value is -2.99.